The van der Waals surface area contributed by atoms with Crippen LogP contribution >= 0.6 is 32.8 Å². The van der Waals surface area contributed by atoms with E-state index in [2.05, 4.69) is 19.4 Å². The summed E-state index contributed by atoms with van der Waals surface area (Å²) in [5.74, 6) is 0. The number of nitriles is 1. The molecule has 0 radical (unpaired) electrons. The highest BCUT2D eigenvalue weighted by atomic mass is 127. The second-order valence-corrected chi connectivity index (χ2v) is 8.83. The summed E-state index contributed by atoms with van der Waals surface area (Å²) in [5.41, 5.74) is 2.14. The van der Waals surface area contributed by atoms with Gasteiger partial charge >= 0.3 is 0 Å². The molecule has 0 spiro atoms. The number of halogens is 1. The van der Waals surface area contributed by atoms with Crippen LogP contribution in [0, 0.1) is 11.3 Å². The average Bonchev–Trinajstić information content (AvgIpc) is 2.45. The van der Waals surface area contributed by atoms with E-state index in [4.69, 9.17) is 0 Å². The predicted molar refractivity (Wildman–Crippen MR) is 93.5 cm³/mol. The normalized spacial score (nSPS) is 14.7. The van der Waals surface area contributed by atoms with E-state index in [0.29, 0.717) is 11.3 Å². The van der Waals surface area contributed by atoms with Crippen LogP contribution in [0.3, 0.4) is 0 Å². The third-order valence-electron chi connectivity index (χ3n) is 2.49. The molecular formula is C13H14IN5S. The van der Waals surface area contributed by atoms with Crippen molar-refractivity contribution < 1.29 is 0 Å². The average molecular weight is 399 g/mol. The lowest BCUT2D eigenvalue weighted by Gasteiger charge is -2.13. The fraction of sp³-hybridized carbons (Fsp3) is 0.231. The van der Waals surface area contributed by atoms with Crippen molar-refractivity contribution >= 4 is 47.1 Å². The number of hydrogen-bond acceptors (Lipinski definition) is 6. The van der Waals surface area contributed by atoms with Gasteiger partial charge in [0.05, 0.1) is 5.56 Å². The van der Waals surface area contributed by atoms with Crippen LogP contribution in [0.4, 0.5) is 11.4 Å². The van der Waals surface area contributed by atoms with E-state index in [0.717, 1.165) is 8.65 Å². The molecule has 1 aromatic carbocycles. The number of hydrogen-bond donors (Lipinski definition) is 0. The number of nitrogens with zero attached hydrogens (tertiary/aromatic N) is 5. The Morgan fingerprint density at radius 3 is 2.80 bits per heavy atom. The van der Waals surface area contributed by atoms with Crippen molar-refractivity contribution in [1.82, 2.24) is 3.11 Å². The van der Waals surface area contributed by atoms with Gasteiger partial charge in [0, 0.05) is 54.0 Å². The third kappa shape index (κ3) is 3.80. The molecule has 0 saturated carbocycles. The monoisotopic (exact) mass is 399 g/mol. The van der Waals surface area contributed by atoms with Crippen molar-refractivity contribution in [2.75, 3.05) is 26.0 Å². The quantitative estimate of drug-likeness (QED) is 0.441. The second kappa shape index (κ2) is 6.85. The largest absolute Gasteiger partial charge is 0.378 e. The van der Waals surface area contributed by atoms with Crippen molar-refractivity contribution in [2.24, 2.45) is 10.2 Å². The Bertz CT molecular complexity index is 630. The first-order valence-corrected chi connectivity index (χ1v) is 8.74. The summed E-state index contributed by atoms with van der Waals surface area (Å²) in [4.78, 5) is 1.96. The van der Waals surface area contributed by atoms with E-state index in [1.807, 2.05) is 55.9 Å². The Morgan fingerprint density at radius 2 is 2.15 bits per heavy atom. The Hall–Kier alpha value is -1.40. The van der Waals surface area contributed by atoms with Crippen LogP contribution in [0.15, 0.2) is 40.0 Å². The molecule has 0 bridgehead atoms. The first-order valence-electron chi connectivity index (χ1n) is 5.81. The van der Waals surface area contributed by atoms with Crippen molar-refractivity contribution in [1.29, 1.82) is 5.26 Å². The van der Waals surface area contributed by atoms with Crippen molar-refractivity contribution in [3.63, 3.8) is 0 Å². The Kier molecular flexibility index (Phi) is 5.14. The van der Waals surface area contributed by atoms with Crippen LogP contribution in [-0.4, -0.2) is 27.2 Å². The molecule has 0 fully saturated rings. The summed E-state index contributed by atoms with van der Waals surface area (Å²) >= 11 is 1.33. The van der Waals surface area contributed by atoms with Crippen LogP contribution in [0.25, 0.3) is 0 Å². The van der Waals surface area contributed by atoms with Gasteiger partial charge in [0.1, 0.15) is 11.8 Å². The lowest BCUT2D eigenvalue weighted by atomic mass is 10.1. The van der Waals surface area contributed by atoms with Gasteiger partial charge in [-0.25, -0.2) is 0 Å². The minimum Gasteiger partial charge on any atom is -0.378 e. The molecule has 1 heterocycles. The standard InChI is InChI=1S/C13H14IN5S/c1-18(2)11-4-5-12(10(8-11)9-15)16-17-13-14-19(3)6-7-20-13/h4-8H,1-3H3. The van der Waals surface area contributed by atoms with E-state index in [1.54, 1.807) is 11.8 Å². The fourth-order valence-electron chi connectivity index (χ4n) is 1.45. The van der Waals surface area contributed by atoms with Crippen molar-refractivity contribution in [3.8, 4) is 6.07 Å². The van der Waals surface area contributed by atoms with Gasteiger partial charge in [-0.3, -0.25) is 0 Å². The van der Waals surface area contributed by atoms with Crippen LogP contribution < -0.4 is 4.90 Å². The molecule has 0 aromatic heterocycles. The lowest BCUT2D eigenvalue weighted by molar-refractivity contribution is 0.837. The molecule has 0 amide bonds. The molecule has 20 heavy (non-hydrogen) atoms. The smallest absolute Gasteiger partial charge is 0.172 e. The number of benzene rings is 1. The van der Waals surface area contributed by atoms with Gasteiger partial charge in [-0.2, -0.15) is 5.26 Å². The lowest BCUT2D eigenvalue weighted by Crippen LogP contribution is -2.08. The maximum atomic E-state index is 9.21. The predicted octanol–water partition coefficient (Wildman–Crippen LogP) is 3.83. The maximum absolute atomic E-state index is 9.21. The highest BCUT2D eigenvalue weighted by Crippen LogP contribution is 2.28. The van der Waals surface area contributed by atoms with E-state index < -0.39 is 0 Å². The molecule has 2 rings (SSSR count). The van der Waals surface area contributed by atoms with Crippen LogP contribution in [0.1, 0.15) is 5.56 Å². The number of anilines is 1. The molecule has 1 aliphatic heterocycles. The molecule has 7 heteroatoms. The molecule has 0 aliphatic carbocycles. The highest BCUT2D eigenvalue weighted by Gasteiger charge is 2.06. The van der Waals surface area contributed by atoms with Crippen LogP contribution in [0.5, 0.6) is 0 Å². The first-order chi connectivity index (χ1) is 9.60. The zero-order valence-electron chi connectivity index (χ0n) is 11.4. The summed E-state index contributed by atoms with van der Waals surface area (Å²) in [6.45, 7) is 0. The molecule has 5 nitrogen and oxygen atoms in total. The van der Waals surface area contributed by atoms with E-state index in [9.17, 15) is 5.26 Å². The fourth-order valence-corrected chi connectivity index (χ4v) is 4.84. The zero-order valence-corrected chi connectivity index (χ0v) is 14.4. The van der Waals surface area contributed by atoms with E-state index in [1.165, 1.54) is 0 Å². The molecule has 1 aliphatic rings. The zero-order chi connectivity index (χ0) is 14.5. The van der Waals surface area contributed by atoms with Gasteiger partial charge in [0.15, 0.2) is 2.96 Å². The number of thioether (sulfide) groups is 1. The van der Waals surface area contributed by atoms with Gasteiger partial charge < -0.3 is 8.01 Å². The minimum absolute atomic E-state index is 0.269. The molecule has 0 atom stereocenters. The van der Waals surface area contributed by atoms with Crippen LogP contribution in [0.2, 0.25) is 0 Å². The Morgan fingerprint density at radius 1 is 1.35 bits per heavy atom. The molecule has 1 aromatic rings. The summed E-state index contributed by atoms with van der Waals surface area (Å²) in [5, 5.41) is 19.7. The molecule has 104 valence electrons. The molecule has 0 unspecified atom stereocenters. The summed E-state index contributed by atoms with van der Waals surface area (Å²) in [7, 11) is 5.92. The van der Waals surface area contributed by atoms with Crippen molar-refractivity contribution in [2.45, 2.75) is 0 Å². The summed E-state index contributed by atoms with van der Waals surface area (Å²) in [6.07, 6.45) is 2.05. The topological polar surface area (TPSA) is 55.0 Å². The highest BCUT2D eigenvalue weighted by molar-refractivity contribution is 14.2. The number of azo groups is 1. The Labute approximate surface area is 133 Å². The van der Waals surface area contributed by atoms with Crippen molar-refractivity contribution in [3.05, 3.63) is 35.4 Å². The van der Waals surface area contributed by atoms with Gasteiger partial charge in [-0.05, 0) is 23.6 Å². The Balaban J connectivity index is 2.24. The minimum atomic E-state index is -0.269. The third-order valence-corrected chi connectivity index (χ3v) is 5.96. The van der Waals surface area contributed by atoms with E-state index in [-0.39, 0.29) is 21.0 Å². The molecule has 0 N–H and O–H groups in total. The summed E-state index contributed by atoms with van der Waals surface area (Å²) < 4.78 is 3.17. The van der Waals surface area contributed by atoms with Crippen LogP contribution in [-0.2, 0) is 0 Å². The van der Waals surface area contributed by atoms with Gasteiger partial charge in [0.2, 0.25) is 0 Å². The number of rotatable bonds is 3. The molecular weight excluding hydrogens is 385 g/mol. The molecule has 0 saturated heterocycles. The van der Waals surface area contributed by atoms with Gasteiger partial charge in [-0.15, -0.1) is 10.2 Å². The maximum Gasteiger partial charge on any atom is 0.172 e. The SMILES string of the molecule is CN1C=CSC(N=Nc2ccc(N(C)C)cc2C#N)=I1. The van der Waals surface area contributed by atoms with Gasteiger partial charge in [0.25, 0.3) is 0 Å². The second-order valence-electron chi connectivity index (χ2n) is 4.17. The van der Waals surface area contributed by atoms with Gasteiger partial charge in [-0.1, -0.05) is 11.8 Å². The summed E-state index contributed by atoms with van der Waals surface area (Å²) in [6, 6.07) is 7.78. The first kappa shape index (κ1) is 15.0. The van der Waals surface area contributed by atoms with E-state index >= 15 is 0 Å².